The molecular formula is C23H22N2O3. The second-order valence-corrected chi connectivity index (χ2v) is 6.55. The highest BCUT2D eigenvalue weighted by Gasteiger charge is 2.27. The average Bonchev–Trinajstić information content (AvgIpc) is 2.73. The van der Waals surface area contributed by atoms with Gasteiger partial charge in [0.05, 0.1) is 5.92 Å². The highest BCUT2D eigenvalue weighted by atomic mass is 16.4. The molecule has 0 radical (unpaired) electrons. The summed E-state index contributed by atoms with van der Waals surface area (Å²) in [5, 5.41) is 12.3. The number of aliphatic carboxylic acids is 1. The first-order chi connectivity index (χ1) is 13.6. The Morgan fingerprint density at radius 1 is 0.857 bits per heavy atom. The number of rotatable bonds is 8. The molecule has 2 aromatic carbocycles. The van der Waals surface area contributed by atoms with Crippen molar-refractivity contribution in [1.29, 1.82) is 0 Å². The van der Waals surface area contributed by atoms with Crippen LogP contribution in [0.3, 0.4) is 0 Å². The zero-order chi connectivity index (χ0) is 19.8. The Balaban J connectivity index is 1.78. The van der Waals surface area contributed by atoms with Crippen molar-refractivity contribution < 1.29 is 14.7 Å². The van der Waals surface area contributed by atoms with E-state index in [0.29, 0.717) is 12.8 Å². The van der Waals surface area contributed by atoms with Crippen LogP contribution < -0.4 is 5.32 Å². The van der Waals surface area contributed by atoms with E-state index >= 15 is 0 Å². The highest BCUT2D eigenvalue weighted by Crippen LogP contribution is 2.25. The zero-order valence-electron chi connectivity index (χ0n) is 15.4. The fraction of sp³-hybridized carbons (Fsp3) is 0.174. The van der Waals surface area contributed by atoms with E-state index in [1.165, 1.54) is 0 Å². The minimum atomic E-state index is -1.04. The third-order valence-electron chi connectivity index (χ3n) is 4.61. The van der Waals surface area contributed by atoms with E-state index in [0.717, 1.165) is 16.7 Å². The van der Waals surface area contributed by atoms with Gasteiger partial charge in [-0.2, -0.15) is 0 Å². The molecule has 0 aliphatic rings. The molecular weight excluding hydrogens is 352 g/mol. The minimum absolute atomic E-state index is 0.307. The number of nitrogens with one attached hydrogen (secondary N) is 1. The lowest BCUT2D eigenvalue weighted by atomic mass is 9.90. The van der Waals surface area contributed by atoms with E-state index in [9.17, 15) is 14.7 Å². The highest BCUT2D eigenvalue weighted by molar-refractivity contribution is 5.90. The lowest BCUT2D eigenvalue weighted by Gasteiger charge is -2.21. The van der Waals surface area contributed by atoms with Crippen molar-refractivity contribution in [3.63, 3.8) is 0 Å². The van der Waals surface area contributed by atoms with Crippen LogP contribution >= 0.6 is 0 Å². The molecule has 0 saturated carbocycles. The molecule has 5 heteroatoms. The summed E-state index contributed by atoms with van der Waals surface area (Å²) in [7, 11) is 0. The number of carbonyl (C=O) groups is 2. The van der Waals surface area contributed by atoms with Gasteiger partial charge in [0.1, 0.15) is 6.04 Å². The molecule has 0 fully saturated rings. The third-order valence-corrected chi connectivity index (χ3v) is 4.61. The van der Waals surface area contributed by atoms with Gasteiger partial charge >= 0.3 is 5.97 Å². The summed E-state index contributed by atoms with van der Waals surface area (Å²) in [6.07, 6.45) is 4.19. The van der Waals surface area contributed by atoms with Crippen LogP contribution in [-0.4, -0.2) is 28.0 Å². The Morgan fingerprint density at radius 3 is 1.89 bits per heavy atom. The number of aromatic nitrogens is 1. The van der Waals surface area contributed by atoms with Crippen LogP contribution in [0.15, 0.2) is 85.2 Å². The first kappa shape index (κ1) is 19.3. The van der Waals surface area contributed by atoms with Crippen molar-refractivity contribution in [2.24, 2.45) is 0 Å². The minimum Gasteiger partial charge on any atom is -0.480 e. The maximum absolute atomic E-state index is 13.1. The van der Waals surface area contributed by atoms with Gasteiger partial charge in [0.2, 0.25) is 5.91 Å². The maximum atomic E-state index is 13.1. The van der Waals surface area contributed by atoms with Gasteiger partial charge in [0, 0.05) is 12.4 Å². The molecule has 0 aliphatic heterocycles. The molecule has 0 spiro atoms. The molecule has 3 aromatic rings. The summed E-state index contributed by atoms with van der Waals surface area (Å²) >= 11 is 0. The summed E-state index contributed by atoms with van der Waals surface area (Å²) in [6.45, 7) is 0. The molecule has 1 amide bonds. The summed E-state index contributed by atoms with van der Waals surface area (Å²) in [5.41, 5.74) is 2.63. The van der Waals surface area contributed by atoms with Crippen LogP contribution in [0.4, 0.5) is 0 Å². The van der Waals surface area contributed by atoms with Crippen LogP contribution in [0.25, 0.3) is 0 Å². The maximum Gasteiger partial charge on any atom is 0.326 e. The summed E-state index contributed by atoms with van der Waals surface area (Å²) in [4.78, 5) is 28.8. The molecule has 0 saturated heterocycles. The van der Waals surface area contributed by atoms with Crippen LogP contribution in [0.5, 0.6) is 0 Å². The predicted molar refractivity (Wildman–Crippen MR) is 107 cm³/mol. The van der Waals surface area contributed by atoms with Crippen molar-refractivity contribution in [3.05, 3.63) is 102 Å². The lowest BCUT2D eigenvalue weighted by molar-refractivity contribution is -0.142. The second kappa shape index (κ2) is 9.46. The summed E-state index contributed by atoms with van der Waals surface area (Å²) < 4.78 is 0. The van der Waals surface area contributed by atoms with Gasteiger partial charge in [-0.25, -0.2) is 4.79 Å². The van der Waals surface area contributed by atoms with Crippen molar-refractivity contribution in [1.82, 2.24) is 10.3 Å². The second-order valence-electron chi connectivity index (χ2n) is 6.55. The SMILES string of the molecule is O=C(N[C@H](CCc1ccncc1)C(=O)O)C(c1ccccc1)c1ccccc1. The van der Waals surface area contributed by atoms with Gasteiger partial charge in [-0.1, -0.05) is 60.7 Å². The Labute approximate surface area is 164 Å². The fourth-order valence-corrected chi connectivity index (χ4v) is 3.16. The van der Waals surface area contributed by atoms with Crippen LogP contribution in [-0.2, 0) is 16.0 Å². The summed E-state index contributed by atoms with van der Waals surface area (Å²) in [6, 6.07) is 21.5. The Kier molecular flexibility index (Phi) is 6.52. The molecule has 5 nitrogen and oxygen atoms in total. The molecule has 1 heterocycles. The number of carbonyl (C=O) groups excluding carboxylic acids is 1. The van der Waals surface area contributed by atoms with Crippen molar-refractivity contribution in [2.45, 2.75) is 24.8 Å². The van der Waals surface area contributed by atoms with E-state index in [-0.39, 0.29) is 5.91 Å². The monoisotopic (exact) mass is 374 g/mol. The number of carboxylic acids is 1. The molecule has 2 N–H and O–H groups in total. The molecule has 0 unspecified atom stereocenters. The number of nitrogens with zero attached hydrogens (tertiary/aromatic N) is 1. The van der Waals surface area contributed by atoms with Crippen molar-refractivity contribution in [3.8, 4) is 0 Å². The van der Waals surface area contributed by atoms with Crippen molar-refractivity contribution >= 4 is 11.9 Å². The van der Waals surface area contributed by atoms with Crippen LogP contribution in [0.1, 0.15) is 29.0 Å². The summed E-state index contributed by atoms with van der Waals surface area (Å²) in [5.74, 6) is -1.92. The first-order valence-corrected chi connectivity index (χ1v) is 9.17. The molecule has 142 valence electrons. The standard InChI is InChI=1S/C23H22N2O3/c26-22(25-20(23(27)28)12-11-17-13-15-24-16-14-17)21(18-7-3-1-4-8-18)19-9-5-2-6-10-19/h1-10,13-16,20-21H,11-12H2,(H,25,26)(H,27,28)/t20-/m1/s1. The van der Waals surface area contributed by atoms with E-state index in [1.807, 2.05) is 72.8 Å². The van der Waals surface area contributed by atoms with E-state index in [2.05, 4.69) is 10.3 Å². The Morgan fingerprint density at radius 2 is 1.39 bits per heavy atom. The first-order valence-electron chi connectivity index (χ1n) is 9.17. The Hall–Kier alpha value is -3.47. The predicted octanol–water partition coefficient (Wildman–Crippen LogP) is 3.42. The topological polar surface area (TPSA) is 79.3 Å². The molecule has 1 aromatic heterocycles. The number of pyridine rings is 1. The smallest absolute Gasteiger partial charge is 0.326 e. The molecule has 1 atom stereocenters. The fourth-order valence-electron chi connectivity index (χ4n) is 3.16. The molecule has 0 aliphatic carbocycles. The van der Waals surface area contributed by atoms with E-state index < -0.39 is 17.9 Å². The van der Waals surface area contributed by atoms with Gasteiger partial charge in [-0.15, -0.1) is 0 Å². The molecule has 28 heavy (non-hydrogen) atoms. The quantitative estimate of drug-likeness (QED) is 0.633. The van der Waals surface area contributed by atoms with Gasteiger partial charge in [-0.3, -0.25) is 9.78 Å². The Bertz CT molecular complexity index is 859. The van der Waals surface area contributed by atoms with E-state index in [1.54, 1.807) is 12.4 Å². The number of aryl methyl sites for hydroxylation is 1. The average molecular weight is 374 g/mol. The van der Waals surface area contributed by atoms with Gasteiger partial charge in [0.25, 0.3) is 0 Å². The van der Waals surface area contributed by atoms with Gasteiger partial charge in [-0.05, 0) is 41.7 Å². The molecule has 3 rings (SSSR count). The van der Waals surface area contributed by atoms with Gasteiger partial charge < -0.3 is 10.4 Å². The number of benzene rings is 2. The van der Waals surface area contributed by atoms with Crippen molar-refractivity contribution in [2.75, 3.05) is 0 Å². The zero-order valence-corrected chi connectivity index (χ0v) is 15.4. The lowest BCUT2D eigenvalue weighted by Crippen LogP contribution is -2.43. The number of hydrogen-bond donors (Lipinski definition) is 2. The molecule has 0 bridgehead atoms. The number of hydrogen-bond acceptors (Lipinski definition) is 3. The van der Waals surface area contributed by atoms with Gasteiger partial charge in [0.15, 0.2) is 0 Å². The van der Waals surface area contributed by atoms with E-state index in [4.69, 9.17) is 0 Å². The van der Waals surface area contributed by atoms with Crippen LogP contribution in [0.2, 0.25) is 0 Å². The normalized spacial score (nSPS) is 11.8. The third kappa shape index (κ3) is 5.04. The largest absolute Gasteiger partial charge is 0.480 e. The number of amides is 1. The van der Waals surface area contributed by atoms with Crippen LogP contribution in [0, 0.1) is 0 Å². The number of carboxylic acid groups (broad SMARTS) is 1.